The third-order valence-electron chi connectivity index (χ3n) is 3.58. The van der Waals surface area contributed by atoms with Crippen LogP contribution in [0.3, 0.4) is 0 Å². The molecule has 25 heavy (non-hydrogen) atoms. The van der Waals surface area contributed by atoms with E-state index in [9.17, 15) is 18.0 Å². The van der Waals surface area contributed by atoms with Gasteiger partial charge < -0.3 is 9.88 Å². The number of halogens is 3. The fraction of sp³-hybridized carbons (Fsp3) is 0.250. The molecule has 3 rings (SSSR count). The predicted octanol–water partition coefficient (Wildman–Crippen LogP) is 2.58. The zero-order valence-electron chi connectivity index (χ0n) is 13.2. The number of nitrogens with one attached hydrogen (secondary N) is 1. The molecule has 9 heteroatoms. The molecule has 0 atom stereocenters. The Labute approximate surface area is 140 Å². The van der Waals surface area contributed by atoms with Crippen LogP contribution in [0.25, 0.3) is 11.0 Å². The SMILES string of the molecule is Cc1cnc(C(=O)NCCn2c(C(F)(F)F)cc3cccnc32)cn1. The molecule has 0 saturated heterocycles. The predicted molar refractivity (Wildman–Crippen MR) is 83.8 cm³/mol. The number of amides is 1. The number of nitrogens with zero attached hydrogens (tertiary/aromatic N) is 4. The van der Waals surface area contributed by atoms with Crippen LogP contribution in [-0.2, 0) is 12.7 Å². The zero-order valence-corrected chi connectivity index (χ0v) is 13.2. The largest absolute Gasteiger partial charge is 0.431 e. The van der Waals surface area contributed by atoms with Gasteiger partial charge in [0.25, 0.3) is 5.91 Å². The van der Waals surface area contributed by atoms with Crippen LogP contribution >= 0.6 is 0 Å². The monoisotopic (exact) mass is 349 g/mol. The van der Waals surface area contributed by atoms with E-state index in [0.29, 0.717) is 11.1 Å². The summed E-state index contributed by atoms with van der Waals surface area (Å²) in [6.45, 7) is 1.66. The molecule has 0 saturated carbocycles. The lowest BCUT2D eigenvalue weighted by atomic mass is 10.3. The molecular formula is C16H14F3N5O. The van der Waals surface area contributed by atoms with Crippen LogP contribution in [0.2, 0.25) is 0 Å². The van der Waals surface area contributed by atoms with Crippen LogP contribution in [0.5, 0.6) is 0 Å². The maximum absolute atomic E-state index is 13.2. The van der Waals surface area contributed by atoms with Gasteiger partial charge >= 0.3 is 6.18 Å². The Bertz CT molecular complexity index is 902. The number of alkyl halides is 3. The fourth-order valence-electron chi connectivity index (χ4n) is 2.43. The van der Waals surface area contributed by atoms with E-state index < -0.39 is 17.8 Å². The minimum atomic E-state index is -4.51. The van der Waals surface area contributed by atoms with E-state index in [1.165, 1.54) is 18.6 Å². The quantitative estimate of drug-likeness (QED) is 0.786. The number of aryl methyl sites for hydroxylation is 1. The van der Waals surface area contributed by atoms with Gasteiger partial charge in [-0.2, -0.15) is 13.2 Å². The number of rotatable bonds is 4. The highest BCUT2D eigenvalue weighted by atomic mass is 19.4. The molecule has 1 N–H and O–H groups in total. The normalized spacial score (nSPS) is 11.7. The van der Waals surface area contributed by atoms with Gasteiger partial charge in [-0.1, -0.05) is 0 Å². The minimum Gasteiger partial charge on any atom is -0.349 e. The molecule has 0 unspecified atom stereocenters. The van der Waals surface area contributed by atoms with Crippen molar-refractivity contribution >= 4 is 16.9 Å². The van der Waals surface area contributed by atoms with Gasteiger partial charge in [0.1, 0.15) is 17.0 Å². The Morgan fingerprint density at radius 3 is 2.72 bits per heavy atom. The van der Waals surface area contributed by atoms with Crippen LogP contribution in [0.15, 0.2) is 36.8 Å². The molecule has 0 spiro atoms. The summed E-state index contributed by atoms with van der Waals surface area (Å²) in [5, 5.41) is 2.94. The van der Waals surface area contributed by atoms with Gasteiger partial charge in [0.15, 0.2) is 0 Å². The van der Waals surface area contributed by atoms with E-state index in [1.807, 2.05) is 0 Å². The average Bonchev–Trinajstić information content (AvgIpc) is 2.95. The van der Waals surface area contributed by atoms with Crippen molar-refractivity contribution in [1.29, 1.82) is 0 Å². The van der Waals surface area contributed by atoms with Gasteiger partial charge in [-0.3, -0.25) is 9.78 Å². The molecule has 0 aliphatic carbocycles. The Morgan fingerprint density at radius 2 is 2.04 bits per heavy atom. The van der Waals surface area contributed by atoms with Gasteiger partial charge in [0.2, 0.25) is 0 Å². The third-order valence-corrected chi connectivity index (χ3v) is 3.58. The van der Waals surface area contributed by atoms with Gasteiger partial charge in [-0.05, 0) is 25.1 Å². The summed E-state index contributed by atoms with van der Waals surface area (Å²) >= 11 is 0. The van der Waals surface area contributed by atoms with Crippen molar-refractivity contribution in [3.63, 3.8) is 0 Å². The zero-order chi connectivity index (χ0) is 18.0. The van der Waals surface area contributed by atoms with Crippen LogP contribution in [0.4, 0.5) is 13.2 Å². The molecule has 3 aromatic heterocycles. The highest BCUT2D eigenvalue weighted by Crippen LogP contribution is 2.33. The second-order valence-electron chi connectivity index (χ2n) is 5.39. The van der Waals surface area contributed by atoms with E-state index in [4.69, 9.17) is 0 Å². The second kappa shape index (κ2) is 6.50. The lowest BCUT2D eigenvalue weighted by Crippen LogP contribution is -2.29. The van der Waals surface area contributed by atoms with E-state index in [1.54, 1.807) is 19.1 Å². The molecule has 6 nitrogen and oxygen atoms in total. The van der Waals surface area contributed by atoms with Crippen LogP contribution in [0.1, 0.15) is 21.9 Å². The van der Waals surface area contributed by atoms with Crippen molar-refractivity contribution in [2.45, 2.75) is 19.6 Å². The van der Waals surface area contributed by atoms with Crippen LogP contribution in [0, 0.1) is 6.92 Å². The van der Waals surface area contributed by atoms with Gasteiger partial charge in [0.05, 0.1) is 11.9 Å². The van der Waals surface area contributed by atoms with Crippen molar-refractivity contribution in [2.24, 2.45) is 0 Å². The minimum absolute atomic E-state index is 0.00216. The number of aromatic nitrogens is 4. The molecule has 0 aromatic carbocycles. The second-order valence-corrected chi connectivity index (χ2v) is 5.39. The number of hydrogen-bond acceptors (Lipinski definition) is 4. The van der Waals surface area contributed by atoms with E-state index >= 15 is 0 Å². The lowest BCUT2D eigenvalue weighted by molar-refractivity contribution is -0.143. The fourth-order valence-corrected chi connectivity index (χ4v) is 2.43. The number of pyridine rings is 1. The van der Waals surface area contributed by atoms with E-state index in [0.717, 1.165) is 10.6 Å². The number of hydrogen-bond donors (Lipinski definition) is 1. The van der Waals surface area contributed by atoms with Crippen molar-refractivity contribution in [3.8, 4) is 0 Å². The summed E-state index contributed by atoms with van der Waals surface area (Å²) in [5.74, 6) is -0.495. The number of fused-ring (bicyclic) bond motifs is 1. The summed E-state index contributed by atoms with van der Waals surface area (Å²) in [6, 6.07) is 4.19. The smallest absolute Gasteiger partial charge is 0.349 e. The Morgan fingerprint density at radius 1 is 1.24 bits per heavy atom. The highest BCUT2D eigenvalue weighted by Gasteiger charge is 2.35. The maximum atomic E-state index is 13.2. The molecule has 0 aliphatic heterocycles. The molecule has 3 heterocycles. The van der Waals surface area contributed by atoms with Crippen molar-refractivity contribution in [2.75, 3.05) is 6.54 Å². The number of carbonyl (C=O) groups excluding carboxylic acids is 1. The summed E-state index contributed by atoms with van der Waals surface area (Å²) in [7, 11) is 0. The molecule has 0 bridgehead atoms. The lowest BCUT2D eigenvalue weighted by Gasteiger charge is -2.13. The first-order valence-corrected chi connectivity index (χ1v) is 7.44. The van der Waals surface area contributed by atoms with Crippen molar-refractivity contribution < 1.29 is 18.0 Å². The molecule has 1 amide bonds. The molecular weight excluding hydrogens is 335 g/mol. The molecule has 0 radical (unpaired) electrons. The van der Waals surface area contributed by atoms with Gasteiger partial charge in [-0.25, -0.2) is 9.97 Å². The van der Waals surface area contributed by atoms with E-state index in [2.05, 4.69) is 20.3 Å². The van der Waals surface area contributed by atoms with Crippen LogP contribution in [-0.4, -0.2) is 32.0 Å². The Kier molecular flexibility index (Phi) is 4.39. The summed E-state index contributed by atoms with van der Waals surface area (Å²) in [4.78, 5) is 23.9. The van der Waals surface area contributed by atoms with E-state index in [-0.39, 0.29) is 24.4 Å². The Hall–Kier alpha value is -2.97. The van der Waals surface area contributed by atoms with Gasteiger partial charge in [0, 0.05) is 30.9 Å². The highest BCUT2D eigenvalue weighted by molar-refractivity contribution is 5.91. The van der Waals surface area contributed by atoms with Crippen molar-refractivity contribution in [3.05, 3.63) is 53.9 Å². The molecule has 130 valence electrons. The van der Waals surface area contributed by atoms with Crippen LogP contribution < -0.4 is 5.32 Å². The summed E-state index contributed by atoms with van der Waals surface area (Å²) < 4.78 is 40.7. The third kappa shape index (κ3) is 3.59. The topological polar surface area (TPSA) is 72.7 Å². The number of carbonyl (C=O) groups is 1. The first-order chi connectivity index (χ1) is 11.9. The first-order valence-electron chi connectivity index (χ1n) is 7.44. The maximum Gasteiger partial charge on any atom is 0.431 e. The molecule has 0 fully saturated rings. The first kappa shape index (κ1) is 16.9. The van der Waals surface area contributed by atoms with Gasteiger partial charge in [-0.15, -0.1) is 0 Å². The average molecular weight is 349 g/mol. The Balaban J connectivity index is 1.76. The van der Waals surface area contributed by atoms with Crippen molar-refractivity contribution in [1.82, 2.24) is 24.8 Å². The molecule has 0 aliphatic rings. The summed E-state index contributed by atoms with van der Waals surface area (Å²) in [6.07, 6.45) is -0.314. The molecule has 3 aromatic rings. The summed E-state index contributed by atoms with van der Waals surface area (Å²) in [5.41, 5.74) is 0.193. The standard InChI is InChI=1S/C16H14F3N5O/c1-10-8-23-12(9-22-10)15(25)21-5-6-24-13(16(17,18)19)7-11-3-2-4-20-14(11)24/h2-4,7-9H,5-6H2,1H3,(H,21,25).